The summed E-state index contributed by atoms with van der Waals surface area (Å²) in [7, 11) is 0. The molecule has 0 aliphatic carbocycles. The van der Waals surface area contributed by atoms with Crippen molar-refractivity contribution in [3.05, 3.63) is 46.6 Å². The number of rotatable bonds is 6. The van der Waals surface area contributed by atoms with E-state index in [4.69, 9.17) is 21.1 Å². The van der Waals surface area contributed by atoms with E-state index in [0.717, 1.165) is 11.6 Å². The molecule has 0 atom stereocenters. The van der Waals surface area contributed by atoms with Crippen molar-refractivity contribution in [2.24, 2.45) is 0 Å². The molecule has 150 valence electrons. The van der Waals surface area contributed by atoms with E-state index in [1.165, 1.54) is 0 Å². The van der Waals surface area contributed by atoms with E-state index in [9.17, 15) is 18.0 Å². The Morgan fingerprint density at radius 1 is 1.14 bits per heavy atom. The number of hydrogen-bond donors (Lipinski definition) is 2. The zero-order chi connectivity index (χ0) is 20.1. The van der Waals surface area contributed by atoms with Crippen molar-refractivity contribution in [1.82, 2.24) is 10.3 Å². The first-order valence-corrected chi connectivity index (χ1v) is 8.82. The number of benzene rings is 1. The van der Waals surface area contributed by atoms with Gasteiger partial charge in [-0.15, -0.1) is 0 Å². The molecular formula is C18H17ClF3N3O3. The van der Waals surface area contributed by atoms with Gasteiger partial charge in [0.05, 0.1) is 17.0 Å². The summed E-state index contributed by atoms with van der Waals surface area (Å²) in [6, 6.07) is 6.11. The lowest BCUT2D eigenvalue weighted by molar-refractivity contribution is -0.137. The number of ether oxygens (including phenoxy) is 2. The van der Waals surface area contributed by atoms with Crippen molar-refractivity contribution in [2.45, 2.75) is 12.6 Å². The van der Waals surface area contributed by atoms with Gasteiger partial charge in [0.25, 0.3) is 0 Å². The molecule has 0 fully saturated rings. The zero-order valence-corrected chi connectivity index (χ0v) is 15.4. The second-order valence-corrected chi connectivity index (χ2v) is 6.39. The lowest BCUT2D eigenvalue weighted by Crippen LogP contribution is -2.30. The minimum atomic E-state index is -4.50. The molecule has 28 heavy (non-hydrogen) atoms. The Morgan fingerprint density at radius 2 is 1.89 bits per heavy atom. The van der Waals surface area contributed by atoms with Crippen molar-refractivity contribution in [1.29, 1.82) is 0 Å². The van der Waals surface area contributed by atoms with Crippen LogP contribution in [0.3, 0.4) is 0 Å². The first kappa shape index (κ1) is 20.1. The topological polar surface area (TPSA) is 72.5 Å². The monoisotopic (exact) mass is 415 g/mol. The molecule has 0 unspecified atom stereocenters. The number of aromatic nitrogens is 1. The van der Waals surface area contributed by atoms with Crippen molar-refractivity contribution in [2.75, 3.05) is 31.6 Å². The highest BCUT2D eigenvalue weighted by Crippen LogP contribution is 2.32. The number of nitrogens with one attached hydrogen (secondary N) is 2. The van der Waals surface area contributed by atoms with E-state index in [1.54, 1.807) is 18.2 Å². The number of fused-ring (bicyclic) bond motifs is 1. The summed E-state index contributed by atoms with van der Waals surface area (Å²) in [5.74, 6) is 1.18. The molecule has 2 N–H and O–H groups in total. The number of halogens is 4. The third-order valence-electron chi connectivity index (χ3n) is 3.88. The van der Waals surface area contributed by atoms with Crippen LogP contribution in [0.4, 0.5) is 19.0 Å². The van der Waals surface area contributed by atoms with Crippen LogP contribution in [0.2, 0.25) is 5.02 Å². The summed E-state index contributed by atoms with van der Waals surface area (Å²) in [5, 5.41) is 5.36. The molecule has 1 aromatic heterocycles. The Hall–Kier alpha value is -2.68. The van der Waals surface area contributed by atoms with Gasteiger partial charge in [-0.1, -0.05) is 17.7 Å². The summed E-state index contributed by atoms with van der Waals surface area (Å²) in [6.07, 6.45) is -3.64. The number of nitrogens with zero attached hydrogens (tertiary/aromatic N) is 1. The van der Waals surface area contributed by atoms with Crippen LogP contribution < -0.4 is 20.1 Å². The Bertz CT molecular complexity index is 862. The highest BCUT2D eigenvalue weighted by molar-refractivity contribution is 6.32. The zero-order valence-electron chi connectivity index (χ0n) is 14.6. The lowest BCUT2D eigenvalue weighted by atomic mass is 10.1. The van der Waals surface area contributed by atoms with E-state index >= 15 is 0 Å². The first-order chi connectivity index (χ1) is 13.3. The Kier molecular flexibility index (Phi) is 6.13. The maximum atomic E-state index is 12.6. The molecule has 2 heterocycles. The molecular weight excluding hydrogens is 399 g/mol. The highest BCUT2D eigenvalue weighted by atomic mass is 35.5. The molecule has 0 saturated carbocycles. The second-order valence-electron chi connectivity index (χ2n) is 5.98. The Labute approximate surface area is 164 Å². The molecule has 0 bridgehead atoms. The van der Waals surface area contributed by atoms with Gasteiger partial charge in [-0.05, 0) is 23.8 Å². The van der Waals surface area contributed by atoms with E-state index in [-0.39, 0.29) is 36.3 Å². The average Bonchev–Trinajstić information content (AvgIpc) is 2.65. The van der Waals surface area contributed by atoms with Gasteiger partial charge in [-0.3, -0.25) is 4.79 Å². The maximum Gasteiger partial charge on any atom is 0.417 e. The molecule has 10 heteroatoms. The molecule has 0 saturated heterocycles. The van der Waals surface area contributed by atoms with Crippen LogP contribution >= 0.6 is 11.6 Å². The Morgan fingerprint density at radius 3 is 2.61 bits per heavy atom. The van der Waals surface area contributed by atoms with Crippen LogP contribution in [0.1, 0.15) is 11.1 Å². The number of alkyl halides is 3. The second kappa shape index (κ2) is 8.55. The number of amides is 1. The number of pyridine rings is 1. The van der Waals surface area contributed by atoms with Crippen LogP contribution in [-0.4, -0.2) is 37.2 Å². The summed E-state index contributed by atoms with van der Waals surface area (Å²) >= 11 is 5.81. The molecule has 0 radical (unpaired) electrons. The van der Waals surface area contributed by atoms with Gasteiger partial charge in [0.2, 0.25) is 5.91 Å². The van der Waals surface area contributed by atoms with Gasteiger partial charge in [0, 0.05) is 19.3 Å². The fourth-order valence-corrected chi connectivity index (χ4v) is 2.78. The standard InChI is InChI=1S/C18H17ClF3N3O3/c19-13-9-12(18(20,21)22)10-25-17(13)24-4-3-23-16(26)8-11-1-2-14-15(7-11)28-6-5-27-14/h1-2,7,9-10H,3-6,8H2,(H,23,26)(H,24,25). The van der Waals surface area contributed by atoms with Crippen molar-refractivity contribution in [3.8, 4) is 11.5 Å². The van der Waals surface area contributed by atoms with Gasteiger partial charge in [-0.2, -0.15) is 13.2 Å². The number of hydrogen-bond acceptors (Lipinski definition) is 5. The molecule has 1 aliphatic rings. The summed E-state index contributed by atoms with van der Waals surface area (Å²) in [5.41, 5.74) is -0.141. The van der Waals surface area contributed by atoms with Crippen LogP contribution in [0.15, 0.2) is 30.5 Å². The Balaban J connectivity index is 1.44. The van der Waals surface area contributed by atoms with Gasteiger partial charge >= 0.3 is 6.18 Å². The van der Waals surface area contributed by atoms with Crippen LogP contribution in [0, 0.1) is 0 Å². The maximum absolute atomic E-state index is 12.6. The minimum Gasteiger partial charge on any atom is -0.486 e. The fraction of sp³-hybridized carbons (Fsp3) is 0.333. The molecule has 0 spiro atoms. The summed E-state index contributed by atoms with van der Waals surface area (Å²) in [4.78, 5) is 15.7. The molecule has 1 aromatic carbocycles. The van der Waals surface area contributed by atoms with Crippen LogP contribution in [-0.2, 0) is 17.4 Å². The summed E-state index contributed by atoms with van der Waals surface area (Å²) < 4.78 is 48.7. The highest BCUT2D eigenvalue weighted by Gasteiger charge is 2.31. The molecule has 1 amide bonds. The van der Waals surface area contributed by atoms with E-state index in [1.807, 2.05) is 0 Å². The van der Waals surface area contributed by atoms with Crippen molar-refractivity contribution < 1.29 is 27.4 Å². The SMILES string of the molecule is O=C(Cc1ccc2c(c1)OCCO2)NCCNc1ncc(C(F)(F)F)cc1Cl. The quantitative estimate of drug-likeness (QED) is 0.708. The normalized spacial score (nSPS) is 13.1. The van der Waals surface area contributed by atoms with Gasteiger partial charge in [0.15, 0.2) is 11.5 Å². The molecule has 6 nitrogen and oxygen atoms in total. The minimum absolute atomic E-state index is 0.121. The lowest BCUT2D eigenvalue weighted by Gasteiger charge is -2.18. The first-order valence-electron chi connectivity index (χ1n) is 8.45. The predicted octanol–water partition coefficient (Wildman–Crippen LogP) is 3.30. The fourth-order valence-electron chi connectivity index (χ4n) is 2.55. The largest absolute Gasteiger partial charge is 0.486 e. The van der Waals surface area contributed by atoms with Gasteiger partial charge < -0.3 is 20.1 Å². The van der Waals surface area contributed by atoms with E-state index in [0.29, 0.717) is 30.9 Å². The number of carbonyl (C=O) groups is 1. The van der Waals surface area contributed by atoms with Crippen LogP contribution in [0.5, 0.6) is 11.5 Å². The van der Waals surface area contributed by atoms with Crippen LogP contribution in [0.25, 0.3) is 0 Å². The predicted molar refractivity (Wildman–Crippen MR) is 96.9 cm³/mol. The molecule has 2 aromatic rings. The molecule has 3 rings (SSSR count). The van der Waals surface area contributed by atoms with E-state index in [2.05, 4.69) is 15.6 Å². The summed E-state index contributed by atoms with van der Waals surface area (Å²) in [6.45, 7) is 1.47. The smallest absolute Gasteiger partial charge is 0.417 e. The number of anilines is 1. The third-order valence-corrected chi connectivity index (χ3v) is 4.17. The number of carbonyl (C=O) groups excluding carboxylic acids is 1. The molecule has 1 aliphatic heterocycles. The average molecular weight is 416 g/mol. The van der Waals surface area contributed by atoms with E-state index < -0.39 is 11.7 Å². The third kappa shape index (κ3) is 5.19. The van der Waals surface area contributed by atoms with Crippen molar-refractivity contribution in [3.63, 3.8) is 0 Å². The van der Waals surface area contributed by atoms with Gasteiger partial charge in [0.1, 0.15) is 19.0 Å². The van der Waals surface area contributed by atoms with Crippen molar-refractivity contribution >= 4 is 23.3 Å². The van der Waals surface area contributed by atoms with Gasteiger partial charge in [-0.25, -0.2) is 4.98 Å².